The molecule has 118 valence electrons. The van der Waals surface area contributed by atoms with E-state index in [1.165, 1.54) is 22.4 Å². The molecule has 3 aromatic rings. The Kier molecular flexibility index (Phi) is 3.75. The largest absolute Gasteiger partial charge is 0.334 e. The SMILES string of the molecule is C[C@H]([NH2+]Cc1nc2sc3c(c2c(=O)[nH]1)CCC3)c1ccccc1. The van der Waals surface area contributed by atoms with Gasteiger partial charge in [0, 0.05) is 10.4 Å². The van der Waals surface area contributed by atoms with Crippen LogP contribution in [-0.4, -0.2) is 9.97 Å². The highest BCUT2D eigenvalue weighted by atomic mass is 32.1. The molecule has 4 rings (SSSR count). The predicted octanol–water partition coefficient (Wildman–Crippen LogP) is 2.30. The highest BCUT2D eigenvalue weighted by Crippen LogP contribution is 2.34. The first kappa shape index (κ1) is 14.6. The first-order valence-corrected chi connectivity index (χ1v) is 8.96. The molecule has 5 heteroatoms. The van der Waals surface area contributed by atoms with E-state index in [1.54, 1.807) is 11.3 Å². The van der Waals surface area contributed by atoms with Crippen molar-refractivity contribution in [1.29, 1.82) is 0 Å². The van der Waals surface area contributed by atoms with E-state index in [9.17, 15) is 4.79 Å². The second-order valence-electron chi connectivity index (χ2n) is 6.19. The Morgan fingerprint density at radius 1 is 1.30 bits per heavy atom. The molecule has 0 aliphatic heterocycles. The van der Waals surface area contributed by atoms with Crippen LogP contribution in [0, 0.1) is 0 Å². The Hall–Kier alpha value is -1.98. The van der Waals surface area contributed by atoms with Gasteiger partial charge in [0.2, 0.25) is 0 Å². The van der Waals surface area contributed by atoms with Crippen LogP contribution in [0.25, 0.3) is 10.2 Å². The van der Waals surface area contributed by atoms with Crippen LogP contribution in [0.15, 0.2) is 35.1 Å². The lowest BCUT2D eigenvalue weighted by atomic mass is 10.1. The van der Waals surface area contributed by atoms with Crippen molar-refractivity contribution in [2.45, 2.75) is 38.8 Å². The minimum Gasteiger partial charge on any atom is -0.334 e. The number of nitrogens with one attached hydrogen (secondary N) is 1. The molecule has 23 heavy (non-hydrogen) atoms. The molecule has 0 bridgehead atoms. The highest BCUT2D eigenvalue weighted by Gasteiger charge is 2.21. The summed E-state index contributed by atoms with van der Waals surface area (Å²) in [5.74, 6) is 0.769. The third-order valence-corrected chi connectivity index (χ3v) is 5.80. The first-order valence-electron chi connectivity index (χ1n) is 8.14. The maximum atomic E-state index is 12.4. The lowest BCUT2D eigenvalue weighted by molar-refractivity contribution is -0.708. The molecular weight excluding hydrogens is 306 g/mol. The fraction of sp³-hybridized carbons (Fsp3) is 0.333. The summed E-state index contributed by atoms with van der Waals surface area (Å²) in [6, 6.07) is 10.7. The molecule has 0 saturated heterocycles. The molecule has 1 atom stereocenters. The minimum absolute atomic E-state index is 0.0326. The third kappa shape index (κ3) is 2.71. The number of thiophene rings is 1. The van der Waals surface area contributed by atoms with E-state index in [4.69, 9.17) is 4.98 Å². The van der Waals surface area contributed by atoms with Crippen LogP contribution in [0.5, 0.6) is 0 Å². The van der Waals surface area contributed by atoms with E-state index in [1.807, 2.05) is 6.07 Å². The summed E-state index contributed by atoms with van der Waals surface area (Å²) in [6.45, 7) is 2.86. The van der Waals surface area contributed by atoms with Gasteiger partial charge in [0.15, 0.2) is 5.82 Å². The molecule has 0 radical (unpaired) electrons. The summed E-state index contributed by atoms with van der Waals surface area (Å²) in [6.07, 6.45) is 3.29. The molecule has 3 N–H and O–H groups in total. The van der Waals surface area contributed by atoms with E-state index in [-0.39, 0.29) is 5.56 Å². The van der Waals surface area contributed by atoms with Crippen LogP contribution < -0.4 is 10.9 Å². The molecule has 0 amide bonds. The lowest BCUT2D eigenvalue weighted by Crippen LogP contribution is -2.83. The zero-order valence-electron chi connectivity index (χ0n) is 13.1. The topological polar surface area (TPSA) is 62.4 Å². The predicted molar refractivity (Wildman–Crippen MR) is 92.8 cm³/mol. The van der Waals surface area contributed by atoms with E-state index < -0.39 is 0 Å². The molecule has 1 aliphatic rings. The molecule has 2 aromatic heterocycles. The van der Waals surface area contributed by atoms with Gasteiger partial charge in [-0.1, -0.05) is 30.3 Å². The molecular formula is C18H20N3OS+. The molecule has 0 spiro atoms. The minimum atomic E-state index is 0.0326. The Morgan fingerprint density at radius 3 is 2.96 bits per heavy atom. The Bertz CT molecular complexity index is 898. The van der Waals surface area contributed by atoms with Gasteiger partial charge >= 0.3 is 0 Å². The van der Waals surface area contributed by atoms with Crippen molar-refractivity contribution in [2.75, 3.05) is 0 Å². The van der Waals surface area contributed by atoms with Gasteiger partial charge in [-0.05, 0) is 31.7 Å². The summed E-state index contributed by atoms with van der Waals surface area (Å²) in [5, 5.41) is 3.04. The number of benzene rings is 1. The number of aromatic amines is 1. The number of aromatic nitrogens is 2. The second-order valence-corrected chi connectivity index (χ2v) is 7.27. The molecule has 1 aliphatic carbocycles. The Morgan fingerprint density at radius 2 is 2.13 bits per heavy atom. The fourth-order valence-corrected chi connectivity index (χ4v) is 4.61. The smallest absolute Gasteiger partial charge is 0.260 e. The average Bonchev–Trinajstić information content (AvgIpc) is 3.13. The van der Waals surface area contributed by atoms with Gasteiger partial charge in [-0.3, -0.25) is 4.79 Å². The number of hydrogen-bond acceptors (Lipinski definition) is 3. The number of quaternary nitrogens is 1. The number of nitrogens with two attached hydrogens (primary N) is 1. The van der Waals surface area contributed by atoms with Crippen LogP contribution in [0.1, 0.15) is 41.2 Å². The van der Waals surface area contributed by atoms with Crippen LogP contribution in [-0.2, 0) is 19.4 Å². The van der Waals surface area contributed by atoms with E-state index in [0.29, 0.717) is 12.6 Å². The monoisotopic (exact) mass is 326 g/mol. The number of hydrogen-bond donors (Lipinski definition) is 2. The second kappa shape index (κ2) is 5.91. The first-order chi connectivity index (χ1) is 11.2. The van der Waals surface area contributed by atoms with Crippen molar-refractivity contribution < 1.29 is 5.32 Å². The van der Waals surface area contributed by atoms with Crippen molar-refractivity contribution in [3.8, 4) is 0 Å². The lowest BCUT2D eigenvalue weighted by Gasteiger charge is -2.10. The van der Waals surface area contributed by atoms with Gasteiger partial charge in [0.25, 0.3) is 5.56 Å². The quantitative estimate of drug-likeness (QED) is 0.773. The van der Waals surface area contributed by atoms with E-state index in [0.717, 1.165) is 28.9 Å². The summed E-state index contributed by atoms with van der Waals surface area (Å²) >= 11 is 1.70. The molecule has 0 saturated carbocycles. The standard InChI is InChI=1S/C18H19N3OS/c1-11(12-6-3-2-4-7-12)19-10-15-20-17(22)16-13-8-5-9-14(13)23-18(16)21-15/h2-4,6-7,11,19H,5,8-10H2,1H3,(H,20,21,22)/p+1/t11-/m0/s1. The summed E-state index contributed by atoms with van der Waals surface area (Å²) in [5.41, 5.74) is 2.56. The number of fused-ring (bicyclic) bond motifs is 3. The van der Waals surface area contributed by atoms with Gasteiger partial charge in [-0.15, -0.1) is 11.3 Å². The number of H-pyrrole nitrogens is 1. The van der Waals surface area contributed by atoms with E-state index in [2.05, 4.69) is 41.5 Å². The van der Waals surface area contributed by atoms with Gasteiger partial charge in [-0.25, -0.2) is 4.98 Å². The van der Waals surface area contributed by atoms with E-state index >= 15 is 0 Å². The van der Waals surface area contributed by atoms with Crippen molar-refractivity contribution >= 4 is 21.6 Å². The maximum absolute atomic E-state index is 12.4. The molecule has 4 nitrogen and oxygen atoms in total. The number of nitrogens with zero attached hydrogens (tertiary/aromatic N) is 1. The van der Waals surface area contributed by atoms with Crippen LogP contribution in [0.3, 0.4) is 0 Å². The van der Waals surface area contributed by atoms with Crippen molar-refractivity contribution in [3.63, 3.8) is 0 Å². The summed E-state index contributed by atoms with van der Waals surface area (Å²) < 4.78 is 0. The van der Waals surface area contributed by atoms with Crippen molar-refractivity contribution in [2.24, 2.45) is 0 Å². The third-order valence-electron chi connectivity index (χ3n) is 4.61. The number of aryl methyl sites for hydroxylation is 2. The van der Waals surface area contributed by atoms with Crippen molar-refractivity contribution in [1.82, 2.24) is 9.97 Å². The van der Waals surface area contributed by atoms with Gasteiger partial charge in [-0.2, -0.15) is 0 Å². The maximum Gasteiger partial charge on any atom is 0.260 e. The normalized spacial score (nSPS) is 15.0. The van der Waals surface area contributed by atoms with Gasteiger partial charge in [0.1, 0.15) is 17.4 Å². The van der Waals surface area contributed by atoms with Gasteiger partial charge in [0.05, 0.1) is 5.39 Å². The van der Waals surface area contributed by atoms with Crippen LogP contribution in [0.2, 0.25) is 0 Å². The van der Waals surface area contributed by atoms with Crippen molar-refractivity contribution in [3.05, 3.63) is 62.5 Å². The molecule has 2 heterocycles. The summed E-state index contributed by atoms with van der Waals surface area (Å²) in [7, 11) is 0. The zero-order valence-corrected chi connectivity index (χ0v) is 14.0. The van der Waals surface area contributed by atoms with Crippen LogP contribution in [0.4, 0.5) is 0 Å². The fourth-order valence-electron chi connectivity index (χ4n) is 3.32. The van der Waals surface area contributed by atoms with Crippen LogP contribution >= 0.6 is 11.3 Å². The summed E-state index contributed by atoms with van der Waals surface area (Å²) in [4.78, 5) is 22.4. The average molecular weight is 326 g/mol. The number of rotatable bonds is 4. The Balaban J connectivity index is 1.57. The molecule has 1 aromatic carbocycles. The Labute approximate surface area is 138 Å². The molecule has 0 unspecified atom stereocenters. The van der Waals surface area contributed by atoms with Gasteiger partial charge < -0.3 is 10.3 Å². The molecule has 0 fully saturated rings. The highest BCUT2D eigenvalue weighted by molar-refractivity contribution is 7.18. The zero-order chi connectivity index (χ0) is 15.8.